The number of carbonyl (C=O) groups is 3. The van der Waals surface area contributed by atoms with Crippen molar-refractivity contribution < 1.29 is 28.9 Å². The Balaban J connectivity index is 4.70. The summed E-state index contributed by atoms with van der Waals surface area (Å²) in [6.45, 7) is 4.83. The second-order valence-corrected chi connectivity index (χ2v) is 8.40. The number of amides is 2. The van der Waals surface area contributed by atoms with E-state index in [9.17, 15) is 23.8 Å². The van der Waals surface area contributed by atoms with Crippen molar-refractivity contribution in [3.05, 3.63) is 0 Å². The van der Waals surface area contributed by atoms with E-state index in [4.69, 9.17) is 10.8 Å². The maximum Gasteiger partial charge on any atom is 0.303 e. The van der Waals surface area contributed by atoms with Crippen LogP contribution in [0.5, 0.6) is 0 Å². The molecule has 10 heteroatoms. The van der Waals surface area contributed by atoms with Crippen LogP contribution in [0.2, 0.25) is 0 Å². The summed E-state index contributed by atoms with van der Waals surface area (Å²) in [6.07, 6.45) is -0.360. The van der Waals surface area contributed by atoms with E-state index in [0.29, 0.717) is 6.42 Å². The molecule has 6 N–H and O–H groups in total. The topological polar surface area (TPSA) is 159 Å². The second kappa shape index (κ2) is 9.64. The molecule has 0 aliphatic rings. The number of aliphatic carboxylic acids is 1. The van der Waals surface area contributed by atoms with E-state index in [1.54, 1.807) is 0 Å². The first kappa shape index (κ1) is 21.6. The van der Waals surface area contributed by atoms with Crippen molar-refractivity contribution >= 4 is 25.2 Å². The molecule has 0 bridgehead atoms. The van der Waals surface area contributed by atoms with E-state index >= 15 is 0 Å². The molecule has 0 aromatic heterocycles. The lowest BCUT2D eigenvalue weighted by atomic mass is 10.0. The van der Waals surface area contributed by atoms with E-state index < -0.39 is 37.2 Å². The molecule has 0 fully saturated rings. The van der Waals surface area contributed by atoms with Gasteiger partial charge >= 0.3 is 5.97 Å². The maximum atomic E-state index is 12.1. The van der Waals surface area contributed by atoms with Gasteiger partial charge < -0.3 is 26.4 Å². The van der Waals surface area contributed by atoms with Crippen LogP contribution in [0.3, 0.4) is 0 Å². The first-order valence-electron chi connectivity index (χ1n) is 7.27. The monoisotopic (exact) mass is 351 g/mol. The fraction of sp³-hybridized carbons (Fsp3) is 0.769. The number of nitrogens with two attached hydrogens (primary N) is 1. The Labute approximate surface area is 135 Å². The first-order chi connectivity index (χ1) is 10.4. The minimum atomic E-state index is -3.40. The van der Waals surface area contributed by atoms with Crippen LogP contribution in [0.25, 0.3) is 0 Å². The molecule has 3 atom stereocenters. The van der Waals surface area contributed by atoms with Gasteiger partial charge in [-0.1, -0.05) is 13.8 Å². The number of hydrogen-bond acceptors (Lipinski definition) is 5. The highest BCUT2D eigenvalue weighted by Gasteiger charge is 2.25. The zero-order valence-electron chi connectivity index (χ0n) is 13.6. The summed E-state index contributed by atoms with van der Waals surface area (Å²) in [4.78, 5) is 43.7. The summed E-state index contributed by atoms with van der Waals surface area (Å²) in [5.41, 5.74) is 5.60. The van der Waals surface area contributed by atoms with Gasteiger partial charge in [0.05, 0.1) is 12.3 Å². The second-order valence-electron chi connectivity index (χ2n) is 5.98. The highest BCUT2D eigenvalue weighted by molar-refractivity contribution is 7.57. The minimum absolute atomic E-state index is 0.0437. The molecule has 134 valence electrons. The molecule has 0 saturated heterocycles. The van der Waals surface area contributed by atoms with Gasteiger partial charge in [-0.2, -0.15) is 0 Å². The van der Waals surface area contributed by atoms with Crippen LogP contribution >= 0.6 is 7.37 Å². The minimum Gasteiger partial charge on any atom is -0.481 e. The zero-order valence-corrected chi connectivity index (χ0v) is 14.5. The molecule has 0 saturated carbocycles. The number of hydrogen-bond donors (Lipinski definition) is 5. The predicted octanol–water partition coefficient (Wildman–Crippen LogP) is -0.317. The summed E-state index contributed by atoms with van der Waals surface area (Å²) >= 11 is 0. The van der Waals surface area contributed by atoms with Crippen molar-refractivity contribution in [1.29, 1.82) is 0 Å². The van der Waals surface area contributed by atoms with Gasteiger partial charge in [-0.3, -0.25) is 18.9 Å². The van der Waals surface area contributed by atoms with Gasteiger partial charge in [-0.25, -0.2) is 0 Å². The number of carboxylic acids is 1. The molecule has 0 rings (SSSR count). The third-order valence-corrected chi connectivity index (χ3v) is 3.64. The molecule has 23 heavy (non-hydrogen) atoms. The van der Waals surface area contributed by atoms with Crippen LogP contribution in [0, 0.1) is 5.92 Å². The molecule has 0 heterocycles. The van der Waals surface area contributed by atoms with Crippen LogP contribution in [0.15, 0.2) is 0 Å². The molecule has 0 radical (unpaired) electrons. The molecule has 1 unspecified atom stereocenters. The van der Waals surface area contributed by atoms with E-state index in [2.05, 4.69) is 10.6 Å². The summed E-state index contributed by atoms with van der Waals surface area (Å²) in [7, 11) is -3.40. The molecular weight excluding hydrogens is 325 g/mol. The molecule has 0 aromatic carbocycles. The van der Waals surface area contributed by atoms with Gasteiger partial charge in [0, 0.05) is 13.1 Å². The van der Waals surface area contributed by atoms with Gasteiger partial charge in [0.2, 0.25) is 19.2 Å². The van der Waals surface area contributed by atoms with Crippen LogP contribution in [-0.2, 0) is 18.9 Å². The molecule has 0 aliphatic carbocycles. The molecule has 2 amide bonds. The Morgan fingerprint density at radius 2 is 1.78 bits per heavy atom. The van der Waals surface area contributed by atoms with Crippen molar-refractivity contribution in [3.63, 3.8) is 0 Å². The highest BCUT2D eigenvalue weighted by Crippen LogP contribution is 2.32. The number of nitrogens with one attached hydrogen (secondary N) is 2. The molecule has 0 aliphatic heterocycles. The van der Waals surface area contributed by atoms with Gasteiger partial charge in [0.1, 0.15) is 6.04 Å². The van der Waals surface area contributed by atoms with E-state index in [1.165, 1.54) is 0 Å². The Morgan fingerprint density at radius 3 is 2.22 bits per heavy atom. The lowest BCUT2D eigenvalue weighted by molar-refractivity contribution is -0.137. The summed E-state index contributed by atoms with van der Waals surface area (Å²) in [5.74, 6) is -2.18. The van der Waals surface area contributed by atoms with Crippen molar-refractivity contribution in [3.8, 4) is 0 Å². The van der Waals surface area contributed by atoms with Crippen LogP contribution in [0.4, 0.5) is 0 Å². The summed E-state index contributed by atoms with van der Waals surface area (Å²) in [5, 5.41) is 13.4. The van der Waals surface area contributed by atoms with Crippen LogP contribution < -0.4 is 16.4 Å². The third-order valence-electron chi connectivity index (χ3n) is 2.89. The smallest absolute Gasteiger partial charge is 0.303 e. The SMILES string of the molecule is CC(C)C[C@H](NC(=O)[C@@H](N)CCC(=O)O)C(=O)NCP(C)(=O)O. The van der Waals surface area contributed by atoms with E-state index in [0.717, 1.165) is 6.66 Å². The number of rotatable bonds is 10. The fourth-order valence-electron chi connectivity index (χ4n) is 1.74. The van der Waals surface area contributed by atoms with Crippen molar-refractivity contribution in [1.82, 2.24) is 10.6 Å². The average Bonchev–Trinajstić information content (AvgIpc) is 2.39. The molecular formula is C13H26N3O6P. The van der Waals surface area contributed by atoms with Crippen molar-refractivity contribution in [2.24, 2.45) is 11.7 Å². The molecule has 0 spiro atoms. The van der Waals surface area contributed by atoms with E-state index in [-0.39, 0.29) is 25.0 Å². The van der Waals surface area contributed by atoms with Crippen molar-refractivity contribution in [2.75, 3.05) is 13.0 Å². The standard InChI is InChI=1S/C13H26N3O6P/c1-8(2)6-10(13(20)15-7-23(3,21)22)16-12(19)9(14)4-5-11(17)18/h8-10H,4-7,14H2,1-3H3,(H,15,20)(H,16,19)(H,17,18)(H,21,22)/t9-,10-/m0/s1. The molecule has 9 nitrogen and oxygen atoms in total. The Hall–Kier alpha value is -1.44. The van der Waals surface area contributed by atoms with Crippen molar-refractivity contribution in [2.45, 2.75) is 45.2 Å². The largest absolute Gasteiger partial charge is 0.481 e. The van der Waals surface area contributed by atoms with Crippen LogP contribution in [-0.4, -0.2) is 52.8 Å². The first-order valence-corrected chi connectivity index (χ1v) is 9.56. The quantitative estimate of drug-likeness (QED) is 0.337. The normalized spacial score (nSPS) is 16.3. The van der Waals surface area contributed by atoms with Gasteiger partial charge in [0.25, 0.3) is 0 Å². The predicted molar refractivity (Wildman–Crippen MR) is 85.0 cm³/mol. The zero-order chi connectivity index (χ0) is 18.2. The van der Waals surface area contributed by atoms with E-state index in [1.807, 2.05) is 13.8 Å². The lowest BCUT2D eigenvalue weighted by Crippen LogP contribution is -2.52. The maximum absolute atomic E-state index is 12.1. The number of carboxylic acid groups (broad SMARTS) is 1. The Kier molecular flexibility index (Phi) is 9.04. The Bertz CT molecular complexity index is 476. The fourth-order valence-corrected chi connectivity index (χ4v) is 2.19. The lowest BCUT2D eigenvalue weighted by Gasteiger charge is -2.22. The number of carbonyl (C=O) groups excluding carboxylic acids is 2. The Morgan fingerprint density at radius 1 is 1.22 bits per heavy atom. The third kappa shape index (κ3) is 10.8. The van der Waals surface area contributed by atoms with Gasteiger partial charge in [0.15, 0.2) is 0 Å². The molecule has 0 aromatic rings. The summed E-state index contributed by atoms with van der Waals surface area (Å²) in [6, 6.07) is -1.94. The average molecular weight is 351 g/mol. The van der Waals surface area contributed by atoms with Gasteiger partial charge in [-0.05, 0) is 18.8 Å². The van der Waals surface area contributed by atoms with Gasteiger partial charge in [-0.15, -0.1) is 0 Å². The summed E-state index contributed by atoms with van der Waals surface area (Å²) < 4.78 is 11.2. The highest BCUT2D eigenvalue weighted by atomic mass is 31.2. The van der Waals surface area contributed by atoms with Crippen LogP contribution in [0.1, 0.15) is 33.1 Å².